The quantitative estimate of drug-likeness (QED) is 0.737. The highest BCUT2D eigenvalue weighted by atomic mass is 16.5. The summed E-state index contributed by atoms with van der Waals surface area (Å²) < 4.78 is 19.4. The van der Waals surface area contributed by atoms with E-state index in [1.807, 2.05) is 0 Å². The number of oxazole rings is 2. The summed E-state index contributed by atoms with van der Waals surface area (Å²) in [5, 5.41) is 0. The molecule has 148 valence electrons. The third-order valence-corrected chi connectivity index (χ3v) is 2.98. The molecule has 2 heterocycles. The van der Waals surface area contributed by atoms with Crippen LogP contribution in [0, 0.1) is 13.8 Å². The van der Waals surface area contributed by atoms with Crippen LogP contribution in [0.5, 0.6) is 0 Å². The summed E-state index contributed by atoms with van der Waals surface area (Å²) in [7, 11) is 0. The second-order valence-corrected chi connectivity index (χ2v) is 5.31. The summed E-state index contributed by atoms with van der Waals surface area (Å²) in [4.78, 5) is 40.9. The van der Waals surface area contributed by atoms with E-state index in [4.69, 9.17) is 24.0 Å². The first-order chi connectivity index (χ1) is 12.7. The topological polar surface area (TPSA) is 148 Å². The number of nitrogens with two attached hydrogens (primary N) is 1. The van der Waals surface area contributed by atoms with E-state index in [9.17, 15) is 14.4 Å². The molecule has 0 bridgehead atoms. The fourth-order valence-electron chi connectivity index (χ4n) is 1.93. The number of esters is 2. The average Bonchev–Trinajstić information content (AvgIpc) is 3.09. The molecule has 0 atom stereocenters. The molecular weight excluding hydrogens is 358 g/mol. The Kier molecular flexibility index (Phi) is 8.18. The molecule has 2 rings (SSSR count). The minimum Gasteiger partial charge on any atom is -0.460 e. The van der Waals surface area contributed by atoms with Gasteiger partial charge in [0, 0.05) is 0 Å². The number of carbonyl (C=O) groups excluding carboxylic acids is 3. The summed E-state index contributed by atoms with van der Waals surface area (Å²) >= 11 is 0. The maximum Gasteiger partial charge on any atom is 0.376 e. The molecule has 0 aliphatic rings. The fourth-order valence-corrected chi connectivity index (χ4v) is 1.93. The minimum atomic E-state index is -0.544. The smallest absolute Gasteiger partial charge is 0.376 e. The molecule has 0 saturated heterocycles. The number of nitrogens with zero attached hydrogens (tertiary/aromatic N) is 2. The van der Waals surface area contributed by atoms with Crippen molar-refractivity contribution in [3.8, 4) is 0 Å². The van der Waals surface area contributed by atoms with E-state index in [0.717, 1.165) is 0 Å². The maximum absolute atomic E-state index is 11.3. The number of carbonyl (C=O) groups is 3. The van der Waals surface area contributed by atoms with E-state index in [0.29, 0.717) is 18.0 Å². The van der Waals surface area contributed by atoms with E-state index in [-0.39, 0.29) is 42.2 Å². The average molecular weight is 381 g/mol. The number of Topliss-reactive ketones (excluding diaryl/α,β-unsaturated/α-hetero) is 1. The van der Waals surface area contributed by atoms with Crippen molar-refractivity contribution in [3.05, 3.63) is 28.8 Å². The van der Waals surface area contributed by atoms with Gasteiger partial charge in [0.05, 0.1) is 31.0 Å². The van der Waals surface area contributed by atoms with Crippen molar-refractivity contribution in [1.82, 2.24) is 9.97 Å². The number of aromatic nitrogens is 2. The van der Waals surface area contributed by atoms with Crippen LogP contribution in [0.2, 0.25) is 0 Å². The number of ketones is 1. The molecular formula is C17H23N3O7. The number of anilines is 1. The Hall–Kier alpha value is -3.17. The van der Waals surface area contributed by atoms with E-state index in [1.54, 1.807) is 27.7 Å². The predicted octanol–water partition coefficient (Wildman–Crippen LogP) is 2.03. The third-order valence-electron chi connectivity index (χ3n) is 2.98. The lowest BCUT2D eigenvalue weighted by molar-refractivity contribution is -0.116. The molecule has 0 radical (unpaired) electrons. The van der Waals surface area contributed by atoms with Gasteiger partial charge in [0.1, 0.15) is 5.78 Å². The molecule has 0 spiro atoms. The molecule has 2 aromatic heterocycles. The van der Waals surface area contributed by atoms with Gasteiger partial charge in [-0.15, -0.1) is 0 Å². The maximum atomic E-state index is 11.3. The first-order valence-corrected chi connectivity index (χ1v) is 8.22. The van der Waals surface area contributed by atoms with E-state index < -0.39 is 11.9 Å². The third kappa shape index (κ3) is 6.57. The molecule has 10 nitrogen and oxygen atoms in total. The second-order valence-electron chi connectivity index (χ2n) is 5.31. The molecule has 27 heavy (non-hydrogen) atoms. The van der Waals surface area contributed by atoms with Gasteiger partial charge in [-0.1, -0.05) is 0 Å². The highest BCUT2D eigenvalue weighted by Crippen LogP contribution is 2.13. The summed E-state index contributed by atoms with van der Waals surface area (Å²) in [5.41, 5.74) is 6.13. The van der Waals surface area contributed by atoms with Crippen molar-refractivity contribution in [2.24, 2.45) is 0 Å². The lowest BCUT2D eigenvalue weighted by atomic mass is 10.3. The Morgan fingerprint density at radius 3 is 1.81 bits per heavy atom. The fraction of sp³-hybridized carbons (Fsp3) is 0.471. The van der Waals surface area contributed by atoms with Gasteiger partial charge < -0.3 is 24.0 Å². The van der Waals surface area contributed by atoms with Crippen molar-refractivity contribution >= 4 is 23.7 Å². The number of rotatable bonds is 6. The lowest BCUT2D eigenvalue weighted by Gasteiger charge is -1.97. The van der Waals surface area contributed by atoms with Crippen LogP contribution in [0.3, 0.4) is 0 Å². The number of hydrogen-bond acceptors (Lipinski definition) is 10. The van der Waals surface area contributed by atoms with Crippen molar-refractivity contribution in [1.29, 1.82) is 0 Å². The minimum absolute atomic E-state index is 0.0180. The van der Waals surface area contributed by atoms with Crippen LogP contribution in [0.1, 0.15) is 59.2 Å². The largest absolute Gasteiger partial charge is 0.460 e. The van der Waals surface area contributed by atoms with Gasteiger partial charge in [-0.05, 0) is 34.6 Å². The van der Waals surface area contributed by atoms with Gasteiger partial charge >= 0.3 is 11.9 Å². The van der Waals surface area contributed by atoms with Crippen LogP contribution in [-0.4, -0.2) is 40.9 Å². The van der Waals surface area contributed by atoms with Crippen LogP contribution in [0.4, 0.5) is 6.01 Å². The SMILES string of the molecule is CCOC(=O)c1oc(CC(C)=O)nc1C.CCOC(=O)c1oc(N)nc1C. The summed E-state index contributed by atoms with van der Waals surface area (Å²) in [6.07, 6.45) is 0.0975. The Morgan fingerprint density at radius 2 is 1.41 bits per heavy atom. The predicted molar refractivity (Wildman–Crippen MR) is 93.2 cm³/mol. The highest BCUT2D eigenvalue weighted by molar-refractivity contribution is 5.88. The van der Waals surface area contributed by atoms with Crippen LogP contribution in [0.25, 0.3) is 0 Å². The molecule has 0 aliphatic heterocycles. The van der Waals surface area contributed by atoms with Gasteiger partial charge in [-0.3, -0.25) is 4.79 Å². The Bertz CT molecular complexity index is 808. The first kappa shape index (κ1) is 21.9. The molecule has 0 aromatic carbocycles. The van der Waals surface area contributed by atoms with E-state index >= 15 is 0 Å². The van der Waals surface area contributed by atoms with Crippen molar-refractivity contribution < 1.29 is 32.7 Å². The van der Waals surface area contributed by atoms with Crippen molar-refractivity contribution in [3.63, 3.8) is 0 Å². The summed E-state index contributed by atoms with van der Waals surface area (Å²) in [5.74, 6) is -0.728. The van der Waals surface area contributed by atoms with Gasteiger partial charge in [0.25, 0.3) is 6.01 Å². The van der Waals surface area contributed by atoms with Crippen LogP contribution in [-0.2, 0) is 20.7 Å². The van der Waals surface area contributed by atoms with E-state index in [1.165, 1.54) is 6.92 Å². The number of nitrogen functional groups attached to an aromatic ring is 1. The number of hydrogen-bond donors (Lipinski definition) is 1. The zero-order chi connectivity index (χ0) is 20.6. The molecule has 2 aromatic rings. The van der Waals surface area contributed by atoms with Crippen LogP contribution >= 0.6 is 0 Å². The zero-order valence-corrected chi connectivity index (χ0v) is 16.0. The van der Waals surface area contributed by atoms with Gasteiger partial charge in [0.15, 0.2) is 0 Å². The zero-order valence-electron chi connectivity index (χ0n) is 16.0. The van der Waals surface area contributed by atoms with Gasteiger partial charge in [0.2, 0.25) is 17.4 Å². The molecule has 10 heteroatoms. The molecule has 0 amide bonds. The molecule has 2 N–H and O–H groups in total. The standard InChI is InChI=1S/C10H13NO4.C7H10N2O3/c1-4-14-10(13)9-7(3)11-8(15-9)5-6(2)12;1-3-11-6(10)5-4(2)9-7(8)12-5/h4-5H2,1-3H3;3H2,1-2H3,(H2,8,9). The monoisotopic (exact) mass is 381 g/mol. The van der Waals surface area contributed by atoms with Crippen LogP contribution in [0.15, 0.2) is 8.83 Å². The normalized spacial score (nSPS) is 9.96. The van der Waals surface area contributed by atoms with Gasteiger partial charge in [-0.2, -0.15) is 4.98 Å². The number of aryl methyl sites for hydroxylation is 2. The second kappa shape index (κ2) is 10.1. The Morgan fingerprint density at radius 1 is 0.926 bits per heavy atom. The van der Waals surface area contributed by atoms with Crippen molar-refractivity contribution in [2.45, 2.75) is 41.0 Å². The molecule has 0 saturated carbocycles. The van der Waals surface area contributed by atoms with Crippen LogP contribution < -0.4 is 5.73 Å². The highest BCUT2D eigenvalue weighted by Gasteiger charge is 2.19. The lowest BCUT2D eigenvalue weighted by Crippen LogP contribution is -2.04. The molecule has 0 unspecified atom stereocenters. The molecule has 0 fully saturated rings. The Labute approximate surface area is 156 Å². The summed E-state index contributed by atoms with van der Waals surface area (Å²) in [6, 6.07) is -0.0180. The summed E-state index contributed by atoms with van der Waals surface area (Å²) in [6.45, 7) is 8.71. The van der Waals surface area contributed by atoms with Gasteiger partial charge in [-0.25, -0.2) is 14.6 Å². The van der Waals surface area contributed by atoms with E-state index in [2.05, 4.69) is 9.97 Å². The first-order valence-electron chi connectivity index (χ1n) is 8.22. The Balaban J connectivity index is 0.000000277. The number of ether oxygens (including phenoxy) is 2. The van der Waals surface area contributed by atoms with Crippen molar-refractivity contribution in [2.75, 3.05) is 18.9 Å². The molecule has 0 aliphatic carbocycles.